The van der Waals surface area contributed by atoms with Gasteiger partial charge >= 0.3 is 27.6 Å². The van der Waals surface area contributed by atoms with Gasteiger partial charge in [0.05, 0.1) is 19.8 Å². The number of hydrogen-bond acceptors (Lipinski definition) is 11. The summed E-state index contributed by atoms with van der Waals surface area (Å²) < 4.78 is 47.6. The Balaban J connectivity index is 4.68. The zero-order valence-electron chi connectivity index (χ0n) is 37.7. The Bertz CT molecular complexity index is 1390. The summed E-state index contributed by atoms with van der Waals surface area (Å²) in [5, 5.41) is 9.75. The van der Waals surface area contributed by atoms with Gasteiger partial charge in [0.1, 0.15) is 12.7 Å². The lowest BCUT2D eigenvalue weighted by Crippen LogP contribution is -2.30. The maximum atomic E-state index is 12.7. The van der Waals surface area contributed by atoms with E-state index in [1.165, 1.54) is 63.9 Å². The molecular weight excluding hydrogens is 838 g/mol. The van der Waals surface area contributed by atoms with Crippen LogP contribution in [0.3, 0.4) is 0 Å². The molecule has 0 bridgehead atoms. The first-order chi connectivity index (χ1) is 29.8. The Hall–Kier alpha value is -2.51. The first-order valence-electron chi connectivity index (χ1n) is 22.9. The molecule has 0 amide bonds. The molecule has 0 heterocycles. The molecule has 0 aromatic carbocycles. The molecule has 0 fully saturated rings. The van der Waals surface area contributed by atoms with Crippen LogP contribution in [0.25, 0.3) is 0 Å². The number of esters is 2. The van der Waals surface area contributed by atoms with Crippen LogP contribution in [-0.2, 0) is 46.6 Å². The SMILES string of the molecule is CCCCC/C=C\C/C=C\C/C=C\C=C\C(=O)CCCC(=O)OC[C@H](COP(=O)(O)OC[C@@H](O)COP(=O)(O)O)OC(=O)CCCCCCCCC/C=C\CCCCCCCC. The van der Waals surface area contributed by atoms with Crippen LogP contribution >= 0.6 is 15.6 Å². The van der Waals surface area contributed by atoms with Crippen LogP contribution in [0.2, 0.25) is 0 Å². The van der Waals surface area contributed by atoms with Crippen molar-refractivity contribution in [2.24, 2.45) is 0 Å². The third-order valence-electron chi connectivity index (χ3n) is 9.35. The third-order valence-corrected chi connectivity index (χ3v) is 10.8. The molecule has 0 radical (unpaired) electrons. The second-order valence-corrected chi connectivity index (χ2v) is 18.0. The zero-order valence-corrected chi connectivity index (χ0v) is 39.5. The number of rotatable bonds is 43. The Morgan fingerprint density at radius 1 is 0.516 bits per heavy atom. The smallest absolute Gasteiger partial charge is 0.462 e. The fourth-order valence-corrected chi connectivity index (χ4v) is 6.98. The van der Waals surface area contributed by atoms with Crippen molar-refractivity contribution in [2.45, 2.75) is 187 Å². The van der Waals surface area contributed by atoms with Gasteiger partial charge in [0.15, 0.2) is 11.9 Å². The second kappa shape index (κ2) is 41.2. The number of allylic oxidation sites excluding steroid dienone is 10. The van der Waals surface area contributed by atoms with Crippen LogP contribution < -0.4 is 0 Å². The zero-order chi connectivity index (χ0) is 46.0. The molecule has 0 saturated heterocycles. The Kier molecular flexibility index (Phi) is 39.5. The van der Waals surface area contributed by atoms with E-state index in [4.69, 9.17) is 23.8 Å². The molecule has 0 saturated carbocycles. The van der Waals surface area contributed by atoms with E-state index in [2.05, 4.69) is 59.4 Å². The Morgan fingerprint density at radius 3 is 1.63 bits per heavy atom. The standard InChI is InChI=1S/C46H80O14P2/c1-3-5-7-9-11-13-15-17-18-19-20-22-24-26-28-30-32-36-46(50)60-44(41-59-62(54,55)58-39-43(48)38-57-61(51,52)53)40-56-45(49)37-33-35-42(47)34-31-29-27-25-23-21-16-14-12-10-8-6-4-2/h12,14,17-18,21,23,27,29,31,34,43-44,48H,3-11,13,15-16,19-20,22,24-26,28,30,32-33,35-41H2,1-2H3,(H,54,55)(H2,51,52,53)/b14-12-,18-17-,23-21-,29-27-,34-31+/t43-,44+/m0/s1. The van der Waals surface area contributed by atoms with Crippen molar-refractivity contribution in [1.29, 1.82) is 0 Å². The van der Waals surface area contributed by atoms with Crippen molar-refractivity contribution in [1.82, 2.24) is 0 Å². The molecule has 1 unspecified atom stereocenters. The van der Waals surface area contributed by atoms with E-state index in [1.807, 2.05) is 6.08 Å². The van der Waals surface area contributed by atoms with Gasteiger partial charge in [-0.15, -0.1) is 0 Å². The maximum Gasteiger partial charge on any atom is 0.472 e. The Morgan fingerprint density at radius 2 is 1.00 bits per heavy atom. The summed E-state index contributed by atoms with van der Waals surface area (Å²) in [6.07, 6.45) is 40.7. The number of unbranched alkanes of at least 4 members (excludes halogenated alkanes) is 16. The maximum absolute atomic E-state index is 12.7. The molecule has 0 rings (SSSR count). The number of phosphoric acid groups is 2. The molecule has 0 aromatic heterocycles. The highest BCUT2D eigenvalue weighted by Crippen LogP contribution is 2.43. The number of aliphatic hydroxyl groups excluding tert-OH is 1. The molecule has 4 N–H and O–H groups in total. The molecule has 0 aliphatic rings. The van der Waals surface area contributed by atoms with Crippen molar-refractivity contribution in [2.75, 3.05) is 26.4 Å². The first-order valence-corrected chi connectivity index (χ1v) is 26.0. The monoisotopic (exact) mass is 919 g/mol. The van der Waals surface area contributed by atoms with Crippen molar-refractivity contribution < 1.29 is 66.3 Å². The van der Waals surface area contributed by atoms with Crippen LogP contribution in [0.5, 0.6) is 0 Å². The molecule has 0 spiro atoms. The minimum atomic E-state index is -4.89. The lowest BCUT2D eigenvalue weighted by molar-refractivity contribution is -0.161. The van der Waals surface area contributed by atoms with Gasteiger partial charge in [0.25, 0.3) is 0 Å². The summed E-state index contributed by atoms with van der Waals surface area (Å²) in [6.45, 7) is 1.46. The largest absolute Gasteiger partial charge is 0.472 e. The van der Waals surface area contributed by atoms with Crippen molar-refractivity contribution >= 4 is 33.4 Å². The molecule has 358 valence electrons. The molecule has 0 aliphatic carbocycles. The number of phosphoric ester groups is 2. The summed E-state index contributed by atoms with van der Waals surface area (Å²) in [4.78, 5) is 65.0. The van der Waals surface area contributed by atoms with Crippen LogP contribution in [-0.4, -0.2) is 76.1 Å². The van der Waals surface area contributed by atoms with Gasteiger partial charge in [-0.2, -0.15) is 0 Å². The summed E-state index contributed by atoms with van der Waals surface area (Å²) >= 11 is 0. The van der Waals surface area contributed by atoms with Gasteiger partial charge in [0.2, 0.25) is 0 Å². The third kappa shape index (κ3) is 44.1. The van der Waals surface area contributed by atoms with Crippen LogP contribution in [0, 0.1) is 0 Å². The van der Waals surface area contributed by atoms with Gasteiger partial charge < -0.3 is 29.3 Å². The second-order valence-electron chi connectivity index (χ2n) is 15.4. The molecule has 16 heteroatoms. The topological polar surface area (TPSA) is 212 Å². The van der Waals surface area contributed by atoms with Crippen molar-refractivity contribution in [3.05, 3.63) is 60.8 Å². The van der Waals surface area contributed by atoms with E-state index in [1.54, 1.807) is 12.2 Å². The average molecular weight is 919 g/mol. The molecular formula is C46H80O14P2. The van der Waals surface area contributed by atoms with Gasteiger partial charge in [-0.3, -0.25) is 28.0 Å². The van der Waals surface area contributed by atoms with E-state index < -0.39 is 66.2 Å². The summed E-state index contributed by atoms with van der Waals surface area (Å²) in [6, 6.07) is 0. The highest BCUT2D eigenvalue weighted by Gasteiger charge is 2.28. The predicted molar refractivity (Wildman–Crippen MR) is 244 cm³/mol. The van der Waals surface area contributed by atoms with Gasteiger partial charge in [-0.1, -0.05) is 146 Å². The lowest BCUT2D eigenvalue weighted by atomic mass is 10.1. The van der Waals surface area contributed by atoms with Crippen LogP contribution in [0.1, 0.15) is 174 Å². The molecule has 3 atom stereocenters. The van der Waals surface area contributed by atoms with Crippen LogP contribution in [0.15, 0.2) is 60.8 Å². The van der Waals surface area contributed by atoms with E-state index in [9.17, 15) is 33.5 Å². The molecule has 0 aromatic rings. The van der Waals surface area contributed by atoms with Crippen molar-refractivity contribution in [3.8, 4) is 0 Å². The number of ether oxygens (including phenoxy) is 2. The van der Waals surface area contributed by atoms with Crippen molar-refractivity contribution in [3.63, 3.8) is 0 Å². The number of hydrogen-bond donors (Lipinski definition) is 4. The van der Waals surface area contributed by atoms with Gasteiger partial charge in [-0.05, 0) is 70.3 Å². The van der Waals surface area contributed by atoms with Gasteiger partial charge in [-0.25, -0.2) is 9.13 Å². The number of carbonyl (C=O) groups is 3. The number of carbonyl (C=O) groups excluding carboxylic acids is 3. The summed E-state index contributed by atoms with van der Waals surface area (Å²) in [5.74, 6) is -1.45. The van der Waals surface area contributed by atoms with E-state index in [0.717, 1.165) is 70.6 Å². The summed E-state index contributed by atoms with van der Waals surface area (Å²) in [5.41, 5.74) is 0. The average Bonchev–Trinajstić information content (AvgIpc) is 3.22. The Labute approximate surface area is 372 Å². The summed E-state index contributed by atoms with van der Waals surface area (Å²) in [7, 11) is -9.76. The first kappa shape index (κ1) is 59.5. The molecule has 14 nitrogen and oxygen atoms in total. The van der Waals surface area contributed by atoms with Gasteiger partial charge in [0, 0.05) is 19.3 Å². The minimum absolute atomic E-state index is 0.0747. The normalized spacial score (nSPS) is 14.4. The molecule has 62 heavy (non-hydrogen) atoms. The lowest BCUT2D eigenvalue weighted by Gasteiger charge is -2.20. The highest BCUT2D eigenvalue weighted by atomic mass is 31.2. The highest BCUT2D eigenvalue weighted by molar-refractivity contribution is 7.47. The number of ketones is 1. The predicted octanol–water partition coefficient (Wildman–Crippen LogP) is 11.2. The quantitative estimate of drug-likeness (QED) is 0.0112. The minimum Gasteiger partial charge on any atom is -0.462 e. The van der Waals surface area contributed by atoms with E-state index in [-0.39, 0.29) is 31.5 Å². The van der Waals surface area contributed by atoms with E-state index >= 15 is 0 Å². The fourth-order valence-electron chi connectivity index (χ4n) is 5.82. The fraction of sp³-hybridized carbons (Fsp3) is 0.717. The number of aliphatic hydroxyl groups is 1. The van der Waals surface area contributed by atoms with E-state index in [0.29, 0.717) is 6.42 Å². The molecule has 0 aliphatic heterocycles. The van der Waals surface area contributed by atoms with Crippen LogP contribution in [0.4, 0.5) is 0 Å².